The van der Waals surface area contributed by atoms with Crippen LogP contribution in [0.25, 0.3) is 0 Å². The number of rotatable bonds is 11. The lowest BCUT2D eigenvalue weighted by Gasteiger charge is -2.71. The van der Waals surface area contributed by atoms with Crippen molar-refractivity contribution in [3.05, 3.63) is 11.6 Å². The fourth-order valence-corrected chi connectivity index (χ4v) is 16.5. The van der Waals surface area contributed by atoms with Crippen LogP contribution in [0.15, 0.2) is 11.6 Å². The van der Waals surface area contributed by atoms with Gasteiger partial charge in [-0.15, -0.1) is 0 Å². The fraction of sp³-hybridized carbons (Fsp3) is 0.944. The number of aliphatic hydroxyl groups is 13. The summed E-state index contributed by atoms with van der Waals surface area (Å²) in [6, 6.07) is 0. The van der Waals surface area contributed by atoms with E-state index in [1.54, 1.807) is 0 Å². The maximum Gasteiger partial charge on any atom is 0.315 e. The molecule has 22 nitrogen and oxygen atoms in total. The van der Waals surface area contributed by atoms with E-state index in [2.05, 4.69) is 54.5 Å². The van der Waals surface area contributed by atoms with Crippen molar-refractivity contribution in [2.45, 2.75) is 249 Å². The Balaban J connectivity index is 0.879. The van der Waals surface area contributed by atoms with E-state index in [1.165, 1.54) is 12.5 Å². The molecule has 22 heteroatoms. The number of hydrogen-bond donors (Lipinski definition) is 13. The molecule has 0 radical (unpaired) electrons. The van der Waals surface area contributed by atoms with E-state index in [4.69, 9.17) is 37.9 Å². The average molecular weight is 1090 g/mol. The highest BCUT2D eigenvalue weighted by Gasteiger charge is 2.70. The number of ether oxygens (including phenoxy) is 8. The van der Waals surface area contributed by atoms with Crippen molar-refractivity contribution in [3.63, 3.8) is 0 Å². The summed E-state index contributed by atoms with van der Waals surface area (Å²) in [7, 11) is 0. The lowest BCUT2D eigenvalue weighted by molar-refractivity contribution is -0.382. The first-order valence-electron chi connectivity index (χ1n) is 27.7. The molecule has 28 atom stereocenters. The fourth-order valence-electron chi connectivity index (χ4n) is 16.5. The summed E-state index contributed by atoms with van der Waals surface area (Å²) in [5.41, 5.74) is -0.828. The number of esters is 1. The first-order valence-corrected chi connectivity index (χ1v) is 27.7. The van der Waals surface area contributed by atoms with Crippen molar-refractivity contribution in [3.8, 4) is 0 Å². The third kappa shape index (κ3) is 9.47. The second-order valence-electron chi connectivity index (χ2n) is 26.3. The molecule has 0 spiro atoms. The molecule has 0 amide bonds. The van der Waals surface area contributed by atoms with Crippen LogP contribution in [0.5, 0.6) is 0 Å². The first kappa shape index (κ1) is 59.0. The molecule has 0 bridgehead atoms. The molecular formula is C54H88O22. The van der Waals surface area contributed by atoms with Crippen LogP contribution >= 0.6 is 0 Å². The SMILES string of the molecule is C[C@@H]1O[C@H](O[C@@H]2[C@H](O)[C@H](O)[C@H](O[C@H]3[C@H](O)[C@@H](O)[C@@H](O[C@@H]4CC[C@]5(C)[C@H](CC[C@]6(C)[C@H]5CC=C5[C@@H]7CC(C)(C)CC[C@@]7(C(=O)O[C@H]7O[C@@H](CO)[C@@H](O)[C@H](O)[C@H]7O)CC[C@@]56C)C4(C)C)O[C@H]3CO)O[C@@H]2CO)[C@@H](O)[C@H](O)[C@H]1O. The van der Waals surface area contributed by atoms with Gasteiger partial charge >= 0.3 is 5.97 Å². The van der Waals surface area contributed by atoms with Crippen LogP contribution < -0.4 is 0 Å². The molecule has 4 saturated carbocycles. The van der Waals surface area contributed by atoms with E-state index in [-0.39, 0.29) is 39.4 Å². The van der Waals surface area contributed by atoms with Gasteiger partial charge in [0.25, 0.3) is 0 Å². The van der Waals surface area contributed by atoms with Crippen molar-refractivity contribution < 1.29 is 109 Å². The molecule has 4 saturated heterocycles. The van der Waals surface area contributed by atoms with E-state index in [0.29, 0.717) is 19.3 Å². The van der Waals surface area contributed by atoms with Gasteiger partial charge in [0.05, 0.1) is 37.4 Å². The second kappa shape index (κ2) is 21.3. The van der Waals surface area contributed by atoms with Crippen molar-refractivity contribution in [2.75, 3.05) is 19.8 Å². The van der Waals surface area contributed by atoms with Crippen LogP contribution in [-0.4, -0.2) is 221 Å². The Morgan fingerprint density at radius 2 is 1.07 bits per heavy atom. The number of hydrogen-bond acceptors (Lipinski definition) is 22. The Labute approximate surface area is 444 Å². The van der Waals surface area contributed by atoms with E-state index in [0.717, 1.165) is 44.9 Å². The van der Waals surface area contributed by atoms with Crippen LogP contribution in [0, 0.1) is 50.2 Å². The third-order valence-electron chi connectivity index (χ3n) is 21.4. The van der Waals surface area contributed by atoms with Gasteiger partial charge in [-0.25, -0.2) is 0 Å². The van der Waals surface area contributed by atoms with Crippen molar-refractivity contribution >= 4 is 5.97 Å². The number of allylic oxidation sites excluding steroid dienone is 2. The van der Waals surface area contributed by atoms with Gasteiger partial charge in [0.1, 0.15) is 91.6 Å². The summed E-state index contributed by atoms with van der Waals surface area (Å²) < 4.78 is 47.5. The Bertz CT molecular complexity index is 2090. The monoisotopic (exact) mass is 1090 g/mol. The highest BCUT2D eigenvalue weighted by atomic mass is 16.8. The molecule has 8 fully saturated rings. The smallest absolute Gasteiger partial charge is 0.315 e. The Hall–Kier alpha value is -1.59. The molecule has 76 heavy (non-hydrogen) atoms. The number of carbonyl (C=O) groups is 1. The zero-order chi connectivity index (χ0) is 55.6. The minimum absolute atomic E-state index is 0.0757. The van der Waals surface area contributed by atoms with Gasteiger partial charge in [0, 0.05) is 0 Å². The van der Waals surface area contributed by atoms with Gasteiger partial charge in [-0.2, -0.15) is 0 Å². The van der Waals surface area contributed by atoms with E-state index in [9.17, 15) is 71.2 Å². The molecule has 0 aromatic rings. The van der Waals surface area contributed by atoms with Gasteiger partial charge < -0.3 is 104 Å². The zero-order valence-electron chi connectivity index (χ0n) is 45.1. The van der Waals surface area contributed by atoms with Crippen LogP contribution in [-0.2, 0) is 42.7 Å². The van der Waals surface area contributed by atoms with Crippen molar-refractivity contribution in [2.24, 2.45) is 50.2 Å². The molecular weight excluding hydrogens is 1000 g/mol. The summed E-state index contributed by atoms with van der Waals surface area (Å²) in [5.74, 6) is -0.271. The molecule has 9 rings (SSSR count). The van der Waals surface area contributed by atoms with Crippen LogP contribution in [0.4, 0.5) is 0 Å². The van der Waals surface area contributed by atoms with Gasteiger partial charge in [-0.05, 0) is 116 Å². The lowest BCUT2D eigenvalue weighted by atomic mass is 9.33. The molecule has 4 heterocycles. The molecule has 13 N–H and O–H groups in total. The Morgan fingerprint density at radius 3 is 1.66 bits per heavy atom. The summed E-state index contributed by atoms with van der Waals surface area (Å²) in [4.78, 5) is 14.7. The minimum Gasteiger partial charge on any atom is -0.432 e. The maximum absolute atomic E-state index is 14.7. The number of carbonyl (C=O) groups excluding carboxylic acids is 1. The standard InChI is InChI=1S/C54H88O22/c1-23-32(58)34(60)38(64)44(69-23)74-42-28(22-57)72-46(41(67)37(42)63)75-43-27(21-56)71-45(40(66)36(43)62)73-31-12-13-51(6)29(50(31,4)5)11-14-53(8)30(51)10-9-24-25-19-49(2,3)15-17-54(25,18-16-52(24,53)7)48(68)76-47-39(65)35(61)33(59)26(20-55)70-47/h9,23,25-47,55-67H,10-22H2,1-8H3/t23-,25-,26-,27-,28+,29+,30-,31+,32-,33+,34+,35-,36+,37+,38-,39+,40+,41-,42-,43+,44+,45+,46-,47+,51+,52-,53+,54+/m0/s1. The summed E-state index contributed by atoms with van der Waals surface area (Å²) in [6.07, 6.45) is -22.2. The minimum atomic E-state index is -1.91. The maximum atomic E-state index is 14.7. The largest absolute Gasteiger partial charge is 0.432 e. The van der Waals surface area contributed by atoms with Crippen LogP contribution in [0.2, 0.25) is 0 Å². The molecule has 5 aliphatic carbocycles. The van der Waals surface area contributed by atoms with E-state index in [1.807, 2.05) is 0 Å². The number of aliphatic hydroxyl groups excluding tert-OH is 13. The molecule has 0 aromatic carbocycles. The van der Waals surface area contributed by atoms with Crippen LogP contribution in [0.3, 0.4) is 0 Å². The normalized spacial score (nSPS) is 54.0. The van der Waals surface area contributed by atoms with Crippen molar-refractivity contribution in [1.82, 2.24) is 0 Å². The van der Waals surface area contributed by atoms with Gasteiger partial charge in [0.15, 0.2) is 18.9 Å². The highest BCUT2D eigenvalue weighted by molar-refractivity contribution is 5.79. The average Bonchev–Trinajstić information content (AvgIpc) is 3.45. The van der Waals surface area contributed by atoms with Crippen LogP contribution in [0.1, 0.15) is 120 Å². The van der Waals surface area contributed by atoms with Gasteiger partial charge in [0.2, 0.25) is 6.29 Å². The third-order valence-corrected chi connectivity index (χ3v) is 21.4. The Kier molecular flexibility index (Phi) is 16.6. The number of fused-ring (bicyclic) bond motifs is 7. The summed E-state index contributed by atoms with van der Waals surface area (Å²) in [5, 5.41) is 139. The highest BCUT2D eigenvalue weighted by Crippen LogP contribution is 2.76. The van der Waals surface area contributed by atoms with Gasteiger partial charge in [-0.1, -0.05) is 60.1 Å². The predicted molar refractivity (Wildman–Crippen MR) is 261 cm³/mol. The van der Waals surface area contributed by atoms with E-state index >= 15 is 0 Å². The molecule has 0 aromatic heterocycles. The van der Waals surface area contributed by atoms with E-state index < -0.39 is 166 Å². The lowest BCUT2D eigenvalue weighted by Crippen LogP contribution is -2.67. The topological polar surface area (TPSA) is 354 Å². The summed E-state index contributed by atoms with van der Waals surface area (Å²) in [6.45, 7) is 15.3. The molecule has 436 valence electrons. The molecule has 9 aliphatic rings. The zero-order valence-corrected chi connectivity index (χ0v) is 45.1. The predicted octanol–water partition coefficient (Wildman–Crippen LogP) is -1.01. The van der Waals surface area contributed by atoms with Gasteiger partial charge in [-0.3, -0.25) is 4.79 Å². The summed E-state index contributed by atoms with van der Waals surface area (Å²) >= 11 is 0. The van der Waals surface area contributed by atoms with Crippen molar-refractivity contribution in [1.29, 1.82) is 0 Å². The quantitative estimate of drug-likeness (QED) is 0.0670. The molecule has 4 aliphatic heterocycles. The first-order chi connectivity index (χ1) is 35.5. The second-order valence-corrected chi connectivity index (χ2v) is 26.3. The molecule has 0 unspecified atom stereocenters. The Morgan fingerprint density at radius 1 is 0.553 bits per heavy atom.